The van der Waals surface area contributed by atoms with Gasteiger partial charge in [0.05, 0.1) is 0 Å². The first-order valence-electron chi connectivity index (χ1n) is 6.21. The van der Waals surface area contributed by atoms with Crippen molar-refractivity contribution in [3.63, 3.8) is 0 Å². The fourth-order valence-electron chi connectivity index (χ4n) is 1.84. The third-order valence-corrected chi connectivity index (χ3v) is 3.26. The summed E-state index contributed by atoms with van der Waals surface area (Å²) in [7, 11) is 0. The summed E-state index contributed by atoms with van der Waals surface area (Å²) < 4.78 is 7.93. The molecule has 1 heterocycles. The number of rotatable bonds is 6. The van der Waals surface area contributed by atoms with Crippen LogP contribution >= 0.6 is 23.8 Å². The Balaban J connectivity index is 2.20. The summed E-state index contributed by atoms with van der Waals surface area (Å²) in [6.45, 7) is 4.22. The van der Waals surface area contributed by atoms with E-state index in [9.17, 15) is 0 Å². The van der Waals surface area contributed by atoms with Gasteiger partial charge in [-0.15, -0.1) is 0 Å². The van der Waals surface area contributed by atoms with E-state index in [4.69, 9.17) is 28.6 Å². The molecule has 6 heteroatoms. The smallest absolute Gasteiger partial charge is 0.195 e. The standard InChI is InChI=1S/C13H16ClN3OS/c1-2-18-8-4-7-17-12(15-16-13(17)19)10-5-3-6-11(14)9-10/h3,5-6,9H,2,4,7-8H2,1H3,(H,16,19). The van der Waals surface area contributed by atoms with Gasteiger partial charge in [0.2, 0.25) is 0 Å². The van der Waals surface area contributed by atoms with E-state index in [2.05, 4.69) is 10.2 Å². The van der Waals surface area contributed by atoms with Crippen molar-refractivity contribution < 1.29 is 4.74 Å². The van der Waals surface area contributed by atoms with E-state index >= 15 is 0 Å². The number of aromatic nitrogens is 3. The van der Waals surface area contributed by atoms with Crippen LogP contribution in [0.15, 0.2) is 24.3 Å². The molecule has 1 aromatic heterocycles. The Morgan fingerprint density at radius 1 is 1.47 bits per heavy atom. The molecule has 0 amide bonds. The first-order valence-corrected chi connectivity index (χ1v) is 7.00. The van der Waals surface area contributed by atoms with Crippen LogP contribution in [0.4, 0.5) is 0 Å². The molecule has 0 bridgehead atoms. The molecule has 0 aliphatic heterocycles. The van der Waals surface area contributed by atoms with Crippen molar-refractivity contribution in [1.82, 2.24) is 14.8 Å². The molecule has 0 spiro atoms. The summed E-state index contributed by atoms with van der Waals surface area (Å²) in [4.78, 5) is 0. The highest BCUT2D eigenvalue weighted by atomic mass is 35.5. The monoisotopic (exact) mass is 297 g/mol. The molecule has 19 heavy (non-hydrogen) atoms. The van der Waals surface area contributed by atoms with Gasteiger partial charge in [0.15, 0.2) is 10.6 Å². The van der Waals surface area contributed by atoms with Gasteiger partial charge < -0.3 is 9.30 Å². The molecule has 102 valence electrons. The van der Waals surface area contributed by atoms with E-state index in [-0.39, 0.29) is 0 Å². The summed E-state index contributed by atoms with van der Waals surface area (Å²) in [5.41, 5.74) is 0.955. The van der Waals surface area contributed by atoms with Crippen molar-refractivity contribution in [1.29, 1.82) is 0 Å². The molecule has 0 aliphatic carbocycles. The topological polar surface area (TPSA) is 42.8 Å². The van der Waals surface area contributed by atoms with Crippen LogP contribution in [0.25, 0.3) is 11.4 Å². The van der Waals surface area contributed by atoms with Gasteiger partial charge in [-0.05, 0) is 37.7 Å². The lowest BCUT2D eigenvalue weighted by Gasteiger charge is -2.07. The van der Waals surface area contributed by atoms with Crippen LogP contribution in [0.3, 0.4) is 0 Å². The summed E-state index contributed by atoms with van der Waals surface area (Å²) in [6, 6.07) is 7.59. The Morgan fingerprint density at radius 3 is 3.05 bits per heavy atom. The van der Waals surface area contributed by atoms with E-state index in [1.807, 2.05) is 35.8 Å². The predicted octanol–water partition coefficient (Wildman–Crippen LogP) is 3.69. The highest BCUT2D eigenvalue weighted by molar-refractivity contribution is 7.71. The maximum Gasteiger partial charge on any atom is 0.195 e. The number of benzene rings is 1. The first kappa shape index (κ1) is 14.2. The summed E-state index contributed by atoms with van der Waals surface area (Å²) >= 11 is 11.3. The Bertz CT molecular complexity index is 594. The quantitative estimate of drug-likeness (QED) is 0.653. The van der Waals surface area contributed by atoms with Gasteiger partial charge >= 0.3 is 0 Å². The van der Waals surface area contributed by atoms with E-state index in [0.717, 1.165) is 37.6 Å². The Kier molecular flexibility index (Phi) is 5.13. The number of halogens is 1. The summed E-state index contributed by atoms with van der Waals surface area (Å²) in [5.74, 6) is 0.809. The molecule has 2 rings (SSSR count). The van der Waals surface area contributed by atoms with Gasteiger partial charge in [0.25, 0.3) is 0 Å². The van der Waals surface area contributed by atoms with Gasteiger partial charge in [0.1, 0.15) is 0 Å². The lowest BCUT2D eigenvalue weighted by molar-refractivity contribution is 0.141. The van der Waals surface area contributed by atoms with Crippen molar-refractivity contribution in [2.75, 3.05) is 13.2 Å². The number of hydrogen-bond acceptors (Lipinski definition) is 3. The molecule has 0 aliphatic rings. The Hall–Kier alpha value is -1.17. The molecule has 4 nitrogen and oxygen atoms in total. The first-order chi connectivity index (χ1) is 9.22. The maximum atomic E-state index is 6.01. The second-order valence-electron chi connectivity index (χ2n) is 4.06. The molecule has 0 radical (unpaired) electrons. The van der Waals surface area contributed by atoms with Gasteiger partial charge in [-0.2, -0.15) is 5.10 Å². The zero-order valence-electron chi connectivity index (χ0n) is 10.7. The van der Waals surface area contributed by atoms with Crippen molar-refractivity contribution in [3.8, 4) is 11.4 Å². The third-order valence-electron chi connectivity index (χ3n) is 2.72. The highest BCUT2D eigenvalue weighted by Gasteiger charge is 2.08. The van der Waals surface area contributed by atoms with Crippen LogP contribution in [-0.2, 0) is 11.3 Å². The van der Waals surface area contributed by atoms with E-state index < -0.39 is 0 Å². The maximum absolute atomic E-state index is 6.01. The summed E-state index contributed by atoms with van der Waals surface area (Å²) in [5, 5.41) is 7.79. The number of ether oxygens (including phenoxy) is 1. The lowest BCUT2D eigenvalue weighted by atomic mass is 10.2. The van der Waals surface area contributed by atoms with Crippen LogP contribution in [-0.4, -0.2) is 28.0 Å². The van der Waals surface area contributed by atoms with Crippen molar-refractivity contribution in [3.05, 3.63) is 34.1 Å². The predicted molar refractivity (Wildman–Crippen MR) is 79.0 cm³/mol. The van der Waals surface area contributed by atoms with Crippen molar-refractivity contribution in [2.24, 2.45) is 0 Å². The minimum atomic E-state index is 0.617. The van der Waals surface area contributed by atoms with Gasteiger partial charge in [-0.1, -0.05) is 23.7 Å². The van der Waals surface area contributed by atoms with E-state index in [1.54, 1.807) is 0 Å². The zero-order chi connectivity index (χ0) is 13.7. The SMILES string of the molecule is CCOCCCn1c(-c2cccc(Cl)c2)n[nH]c1=S. The lowest BCUT2D eigenvalue weighted by Crippen LogP contribution is -2.04. The van der Waals surface area contributed by atoms with Gasteiger partial charge in [0, 0.05) is 30.3 Å². The minimum absolute atomic E-state index is 0.617. The van der Waals surface area contributed by atoms with Crippen LogP contribution in [0.5, 0.6) is 0 Å². The molecular formula is C13H16ClN3OS. The minimum Gasteiger partial charge on any atom is -0.382 e. The van der Waals surface area contributed by atoms with Crippen molar-refractivity contribution in [2.45, 2.75) is 19.9 Å². The number of nitrogens with one attached hydrogen (secondary N) is 1. The van der Waals surface area contributed by atoms with E-state index in [1.165, 1.54) is 0 Å². The highest BCUT2D eigenvalue weighted by Crippen LogP contribution is 2.21. The normalized spacial score (nSPS) is 10.8. The van der Waals surface area contributed by atoms with Crippen LogP contribution in [0.1, 0.15) is 13.3 Å². The molecule has 2 aromatic rings. The molecular weight excluding hydrogens is 282 g/mol. The van der Waals surface area contributed by atoms with Crippen LogP contribution < -0.4 is 0 Å². The second-order valence-corrected chi connectivity index (χ2v) is 4.89. The molecule has 0 saturated carbocycles. The van der Waals surface area contributed by atoms with Gasteiger partial charge in [-0.3, -0.25) is 5.10 Å². The van der Waals surface area contributed by atoms with E-state index in [0.29, 0.717) is 9.79 Å². The molecule has 0 fully saturated rings. The molecule has 1 N–H and O–H groups in total. The molecule has 0 atom stereocenters. The van der Waals surface area contributed by atoms with Crippen LogP contribution in [0, 0.1) is 4.77 Å². The average Bonchev–Trinajstić information content (AvgIpc) is 2.76. The fraction of sp³-hybridized carbons (Fsp3) is 0.385. The summed E-state index contributed by atoms with van der Waals surface area (Å²) in [6.07, 6.45) is 0.898. The number of aromatic amines is 1. The van der Waals surface area contributed by atoms with Gasteiger partial charge in [-0.25, -0.2) is 0 Å². The van der Waals surface area contributed by atoms with Crippen LogP contribution in [0.2, 0.25) is 5.02 Å². The average molecular weight is 298 g/mol. The number of H-pyrrole nitrogens is 1. The molecule has 1 aromatic carbocycles. The second kappa shape index (κ2) is 6.84. The molecule has 0 unspecified atom stereocenters. The molecule has 0 saturated heterocycles. The Labute approximate surface area is 122 Å². The zero-order valence-corrected chi connectivity index (χ0v) is 12.3. The third kappa shape index (κ3) is 3.65. The largest absolute Gasteiger partial charge is 0.382 e. The fourth-order valence-corrected chi connectivity index (χ4v) is 2.26. The van der Waals surface area contributed by atoms with Crippen molar-refractivity contribution >= 4 is 23.8 Å². The number of nitrogens with zero attached hydrogens (tertiary/aromatic N) is 2. The number of hydrogen-bond donors (Lipinski definition) is 1. The Morgan fingerprint density at radius 2 is 2.32 bits per heavy atom.